The molecule has 0 atom stereocenters. The van der Waals surface area contributed by atoms with E-state index in [1.807, 2.05) is 13.8 Å². The molecule has 2 rings (SSSR count). The zero-order valence-corrected chi connectivity index (χ0v) is 10.1. The Kier molecular flexibility index (Phi) is 2.15. The molecule has 0 unspecified atom stereocenters. The SMILES string of the molecule is Cc1nc(C)c2nc(O)sc2c1I. The molecule has 0 aromatic carbocycles. The van der Waals surface area contributed by atoms with Crippen molar-refractivity contribution in [2.45, 2.75) is 13.8 Å². The molecular weight excluding hydrogens is 299 g/mol. The van der Waals surface area contributed by atoms with Crippen LogP contribution in [0.3, 0.4) is 0 Å². The maximum Gasteiger partial charge on any atom is 0.271 e. The molecule has 5 heteroatoms. The molecule has 0 aliphatic carbocycles. The van der Waals surface area contributed by atoms with Crippen molar-refractivity contribution >= 4 is 44.1 Å². The summed E-state index contributed by atoms with van der Waals surface area (Å²) in [7, 11) is 0. The van der Waals surface area contributed by atoms with Crippen LogP contribution in [-0.4, -0.2) is 15.1 Å². The maximum absolute atomic E-state index is 9.27. The van der Waals surface area contributed by atoms with E-state index in [2.05, 4.69) is 32.6 Å². The second kappa shape index (κ2) is 3.06. The summed E-state index contributed by atoms with van der Waals surface area (Å²) in [5.74, 6) is 0. The minimum absolute atomic E-state index is 0.114. The van der Waals surface area contributed by atoms with E-state index in [-0.39, 0.29) is 5.19 Å². The topological polar surface area (TPSA) is 46.0 Å². The van der Waals surface area contributed by atoms with E-state index >= 15 is 0 Å². The third kappa shape index (κ3) is 1.39. The molecule has 1 N–H and O–H groups in total. The molecule has 0 amide bonds. The molecule has 0 radical (unpaired) electrons. The van der Waals surface area contributed by atoms with E-state index in [0.717, 1.165) is 25.2 Å². The largest absolute Gasteiger partial charge is 0.486 e. The average molecular weight is 306 g/mol. The highest BCUT2D eigenvalue weighted by Crippen LogP contribution is 2.32. The Morgan fingerprint density at radius 3 is 2.62 bits per heavy atom. The van der Waals surface area contributed by atoms with Gasteiger partial charge in [0.15, 0.2) is 0 Å². The van der Waals surface area contributed by atoms with Gasteiger partial charge in [0.2, 0.25) is 0 Å². The van der Waals surface area contributed by atoms with Crippen LogP contribution in [-0.2, 0) is 0 Å². The number of thiazole rings is 1. The molecule has 3 nitrogen and oxygen atoms in total. The quantitative estimate of drug-likeness (QED) is 0.761. The molecule has 0 bridgehead atoms. The molecule has 0 aliphatic heterocycles. The van der Waals surface area contributed by atoms with Gasteiger partial charge in [0.1, 0.15) is 5.52 Å². The van der Waals surface area contributed by atoms with Crippen LogP contribution < -0.4 is 0 Å². The van der Waals surface area contributed by atoms with E-state index in [9.17, 15) is 5.11 Å². The van der Waals surface area contributed by atoms with E-state index in [4.69, 9.17) is 0 Å². The van der Waals surface area contributed by atoms with Crippen LogP contribution in [0.1, 0.15) is 11.4 Å². The van der Waals surface area contributed by atoms with Gasteiger partial charge in [0.05, 0.1) is 19.7 Å². The van der Waals surface area contributed by atoms with Crippen LogP contribution >= 0.6 is 33.9 Å². The summed E-state index contributed by atoms with van der Waals surface area (Å²) in [4.78, 5) is 8.36. The number of pyridine rings is 1. The van der Waals surface area contributed by atoms with Gasteiger partial charge in [-0.05, 0) is 36.4 Å². The van der Waals surface area contributed by atoms with Gasteiger partial charge in [-0.25, -0.2) is 4.98 Å². The number of aromatic nitrogens is 2. The number of halogens is 1. The van der Waals surface area contributed by atoms with Gasteiger partial charge in [-0.1, -0.05) is 11.3 Å². The number of fused-ring (bicyclic) bond motifs is 1. The highest BCUT2D eigenvalue weighted by molar-refractivity contribution is 14.1. The van der Waals surface area contributed by atoms with Crippen LogP contribution in [0.5, 0.6) is 5.19 Å². The van der Waals surface area contributed by atoms with Crippen LogP contribution in [0.2, 0.25) is 0 Å². The fourth-order valence-electron chi connectivity index (χ4n) is 1.22. The smallest absolute Gasteiger partial charge is 0.271 e. The second-order valence-corrected chi connectivity index (χ2v) is 4.83. The molecule has 0 spiro atoms. The Labute approximate surface area is 93.0 Å². The lowest BCUT2D eigenvalue weighted by atomic mass is 10.3. The van der Waals surface area contributed by atoms with Crippen LogP contribution in [0.15, 0.2) is 0 Å². The molecule has 68 valence electrons. The van der Waals surface area contributed by atoms with Gasteiger partial charge in [-0.2, -0.15) is 0 Å². The van der Waals surface area contributed by atoms with Gasteiger partial charge in [-0.3, -0.25) is 4.98 Å². The lowest BCUT2D eigenvalue weighted by Gasteiger charge is -1.99. The standard InChI is InChI=1S/C8H7IN2OS/c1-3-5(9)7-6(4(2)10-3)11-8(12)13-7/h1-2H3,(H,11,12). The third-order valence-corrected chi connectivity index (χ3v) is 4.37. The number of nitrogens with zero attached hydrogens (tertiary/aromatic N) is 2. The van der Waals surface area contributed by atoms with E-state index < -0.39 is 0 Å². The number of aryl methyl sites for hydroxylation is 2. The van der Waals surface area contributed by atoms with Crippen molar-refractivity contribution in [3.63, 3.8) is 0 Å². The molecule has 0 fully saturated rings. The van der Waals surface area contributed by atoms with Crippen molar-refractivity contribution in [2.75, 3.05) is 0 Å². The fraction of sp³-hybridized carbons (Fsp3) is 0.250. The Morgan fingerprint density at radius 1 is 1.23 bits per heavy atom. The predicted molar refractivity (Wildman–Crippen MR) is 61.3 cm³/mol. The summed E-state index contributed by atoms with van der Waals surface area (Å²) in [6.07, 6.45) is 0. The Balaban J connectivity index is 2.95. The third-order valence-electron chi connectivity index (χ3n) is 1.81. The molecule has 2 heterocycles. The van der Waals surface area contributed by atoms with Crippen molar-refractivity contribution in [3.05, 3.63) is 15.0 Å². The second-order valence-electron chi connectivity index (χ2n) is 2.77. The van der Waals surface area contributed by atoms with E-state index in [0.29, 0.717) is 0 Å². The summed E-state index contributed by atoms with van der Waals surface area (Å²) in [6, 6.07) is 0. The molecule has 2 aromatic heterocycles. The van der Waals surface area contributed by atoms with Crippen molar-refractivity contribution in [1.29, 1.82) is 0 Å². The number of rotatable bonds is 0. The summed E-state index contributed by atoms with van der Waals surface area (Å²) in [5.41, 5.74) is 2.69. The molecule has 0 saturated heterocycles. The van der Waals surface area contributed by atoms with Crippen molar-refractivity contribution < 1.29 is 5.11 Å². The van der Waals surface area contributed by atoms with Gasteiger partial charge in [0, 0.05) is 0 Å². The maximum atomic E-state index is 9.27. The van der Waals surface area contributed by atoms with Crippen LogP contribution in [0, 0.1) is 17.4 Å². The zero-order chi connectivity index (χ0) is 9.59. The summed E-state index contributed by atoms with van der Waals surface area (Å²) < 4.78 is 2.11. The molecular formula is C8H7IN2OS. The van der Waals surface area contributed by atoms with Gasteiger partial charge >= 0.3 is 0 Å². The molecule has 2 aromatic rings. The summed E-state index contributed by atoms with van der Waals surface area (Å²) >= 11 is 3.53. The lowest BCUT2D eigenvalue weighted by molar-refractivity contribution is 0.472. The van der Waals surface area contributed by atoms with E-state index in [1.165, 1.54) is 11.3 Å². The monoisotopic (exact) mass is 306 g/mol. The Morgan fingerprint density at radius 2 is 1.92 bits per heavy atom. The molecule has 0 aliphatic rings. The number of hydrogen-bond acceptors (Lipinski definition) is 4. The Hall–Kier alpha value is -0.430. The average Bonchev–Trinajstić information content (AvgIpc) is 2.44. The van der Waals surface area contributed by atoms with Gasteiger partial charge in [0.25, 0.3) is 5.19 Å². The first-order chi connectivity index (χ1) is 6.09. The number of hydrogen-bond donors (Lipinski definition) is 1. The molecule has 0 saturated carbocycles. The van der Waals surface area contributed by atoms with Crippen LogP contribution in [0.25, 0.3) is 10.2 Å². The first-order valence-corrected chi connectivity index (χ1v) is 5.61. The highest BCUT2D eigenvalue weighted by atomic mass is 127. The predicted octanol–water partition coefficient (Wildman–Crippen LogP) is 2.62. The summed E-state index contributed by atoms with van der Waals surface area (Å²) in [5, 5.41) is 9.39. The lowest BCUT2D eigenvalue weighted by Crippen LogP contribution is -1.91. The first kappa shape index (κ1) is 9.14. The number of aromatic hydroxyl groups is 1. The minimum Gasteiger partial charge on any atom is -0.486 e. The minimum atomic E-state index is 0.114. The summed E-state index contributed by atoms with van der Waals surface area (Å²) in [6.45, 7) is 3.87. The van der Waals surface area contributed by atoms with Crippen molar-refractivity contribution in [2.24, 2.45) is 0 Å². The Bertz CT molecular complexity index is 480. The van der Waals surface area contributed by atoms with Crippen molar-refractivity contribution in [3.8, 4) is 5.19 Å². The highest BCUT2D eigenvalue weighted by Gasteiger charge is 2.11. The van der Waals surface area contributed by atoms with Crippen molar-refractivity contribution in [1.82, 2.24) is 9.97 Å². The van der Waals surface area contributed by atoms with Crippen LogP contribution in [0.4, 0.5) is 0 Å². The van der Waals surface area contributed by atoms with Gasteiger partial charge < -0.3 is 5.11 Å². The molecule has 13 heavy (non-hydrogen) atoms. The normalized spacial score (nSPS) is 11.0. The van der Waals surface area contributed by atoms with Gasteiger partial charge in [-0.15, -0.1) is 0 Å². The fourth-order valence-corrected chi connectivity index (χ4v) is 2.77. The first-order valence-electron chi connectivity index (χ1n) is 3.72. The zero-order valence-electron chi connectivity index (χ0n) is 7.13. The van der Waals surface area contributed by atoms with E-state index in [1.54, 1.807) is 0 Å².